The first kappa shape index (κ1) is 19.7. The summed E-state index contributed by atoms with van der Waals surface area (Å²) in [6.07, 6.45) is -4.28. The van der Waals surface area contributed by atoms with Gasteiger partial charge in [-0.15, -0.1) is 0 Å². The summed E-state index contributed by atoms with van der Waals surface area (Å²) in [6, 6.07) is 15.0. The second kappa shape index (κ2) is 7.68. The van der Waals surface area contributed by atoms with Gasteiger partial charge in [-0.1, -0.05) is 42.5 Å². The number of fused-ring (bicyclic) bond motifs is 1. The number of ether oxygens (including phenoxy) is 1. The van der Waals surface area contributed by atoms with Gasteiger partial charge in [-0.05, 0) is 17.2 Å². The van der Waals surface area contributed by atoms with Crippen LogP contribution in [0.5, 0.6) is 5.75 Å². The Kier molecular flexibility index (Phi) is 5.23. The van der Waals surface area contributed by atoms with Gasteiger partial charge in [0.05, 0.1) is 12.5 Å². The highest BCUT2D eigenvalue weighted by Crippen LogP contribution is 2.60. The lowest BCUT2D eigenvalue weighted by Gasteiger charge is -2.20. The quantitative estimate of drug-likeness (QED) is 0.603. The van der Waals surface area contributed by atoms with Gasteiger partial charge in [0.2, 0.25) is 5.91 Å². The molecule has 29 heavy (non-hydrogen) atoms. The van der Waals surface area contributed by atoms with Crippen molar-refractivity contribution in [1.29, 1.82) is 0 Å². The van der Waals surface area contributed by atoms with Crippen molar-refractivity contribution in [2.75, 3.05) is 19.7 Å². The second-order valence-electron chi connectivity index (χ2n) is 7.51. The standard InChI is InChI=1S/C21H21F3N2O3/c22-21(23,24)12-26-8-9-29-16-7-6-14(10-15(16)11-26)18-17(19(18)20(27)25-28)13-4-2-1-3-5-13/h1-7,10,17-19,28H,8-9,11-12H2,(H,25,27)/t17-,18?,19?/m1/s1. The van der Waals surface area contributed by atoms with Crippen molar-refractivity contribution in [2.45, 2.75) is 24.6 Å². The average Bonchev–Trinajstić information content (AvgIpc) is 3.45. The van der Waals surface area contributed by atoms with Crippen LogP contribution in [0, 0.1) is 5.92 Å². The number of carbonyl (C=O) groups is 1. The van der Waals surface area contributed by atoms with E-state index in [-0.39, 0.29) is 31.5 Å². The molecule has 4 rings (SSSR count). The van der Waals surface area contributed by atoms with Crippen LogP contribution in [0.1, 0.15) is 28.5 Å². The highest BCUT2D eigenvalue weighted by Gasteiger charge is 2.56. The summed E-state index contributed by atoms with van der Waals surface area (Å²) in [6.45, 7) is -0.489. The molecule has 8 heteroatoms. The van der Waals surface area contributed by atoms with Gasteiger partial charge < -0.3 is 4.74 Å². The first-order chi connectivity index (χ1) is 13.9. The number of nitrogens with one attached hydrogen (secondary N) is 1. The van der Waals surface area contributed by atoms with E-state index in [0.29, 0.717) is 11.3 Å². The molecule has 154 valence electrons. The minimum absolute atomic E-state index is 0.0978. The first-order valence-electron chi connectivity index (χ1n) is 9.41. The van der Waals surface area contributed by atoms with E-state index in [1.54, 1.807) is 11.5 Å². The van der Waals surface area contributed by atoms with Crippen LogP contribution in [0.3, 0.4) is 0 Å². The molecule has 0 radical (unpaired) electrons. The van der Waals surface area contributed by atoms with Crippen LogP contribution in [-0.4, -0.2) is 41.9 Å². The number of benzene rings is 2. The molecule has 1 heterocycles. The van der Waals surface area contributed by atoms with Crippen LogP contribution in [0.4, 0.5) is 13.2 Å². The molecule has 3 atom stereocenters. The number of nitrogens with zero attached hydrogens (tertiary/aromatic N) is 1. The molecule has 1 saturated carbocycles. The first-order valence-corrected chi connectivity index (χ1v) is 9.41. The number of hydrogen-bond donors (Lipinski definition) is 2. The number of amides is 1. The molecule has 0 bridgehead atoms. The molecule has 0 saturated heterocycles. The van der Waals surface area contributed by atoms with Crippen molar-refractivity contribution >= 4 is 5.91 Å². The molecular formula is C21H21F3N2O3. The van der Waals surface area contributed by atoms with Crippen LogP contribution in [0.25, 0.3) is 0 Å². The molecule has 2 aromatic rings. The number of carbonyl (C=O) groups excluding carboxylic acids is 1. The van der Waals surface area contributed by atoms with Gasteiger partial charge in [-0.2, -0.15) is 13.2 Å². The molecule has 1 aliphatic carbocycles. The van der Waals surface area contributed by atoms with Crippen molar-refractivity contribution in [3.05, 3.63) is 65.2 Å². The van der Waals surface area contributed by atoms with Crippen molar-refractivity contribution in [3.63, 3.8) is 0 Å². The van der Waals surface area contributed by atoms with E-state index < -0.39 is 24.5 Å². The number of hydrogen-bond acceptors (Lipinski definition) is 4. The predicted octanol–water partition coefficient (Wildman–Crippen LogP) is 3.45. The van der Waals surface area contributed by atoms with E-state index in [4.69, 9.17) is 9.94 Å². The van der Waals surface area contributed by atoms with E-state index in [9.17, 15) is 18.0 Å². The van der Waals surface area contributed by atoms with E-state index in [2.05, 4.69) is 0 Å². The Hall–Kier alpha value is -2.58. The summed E-state index contributed by atoms with van der Waals surface area (Å²) in [5, 5.41) is 9.11. The number of rotatable bonds is 4. The maximum atomic E-state index is 12.8. The molecule has 1 amide bonds. The summed E-state index contributed by atoms with van der Waals surface area (Å²) < 4.78 is 44.1. The Morgan fingerprint density at radius 3 is 2.55 bits per heavy atom. The zero-order valence-corrected chi connectivity index (χ0v) is 15.5. The summed E-state index contributed by atoms with van der Waals surface area (Å²) >= 11 is 0. The predicted molar refractivity (Wildman–Crippen MR) is 98.6 cm³/mol. The zero-order valence-electron chi connectivity index (χ0n) is 15.5. The van der Waals surface area contributed by atoms with Crippen LogP contribution in [-0.2, 0) is 11.3 Å². The summed E-state index contributed by atoms with van der Waals surface area (Å²) in [7, 11) is 0. The molecule has 1 fully saturated rings. The van der Waals surface area contributed by atoms with Gasteiger partial charge in [0.15, 0.2) is 0 Å². The third kappa shape index (κ3) is 4.23. The van der Waals surface area contributed by atoms with Crippen molar-refractivity contribution in [1.82, 2.24) is 10.4 Å². The fourth-order valence-corrected chi connectivity index (χ4v) is 4.28. The van der Waals surface area contributed by atoms with Gasteiger partial charge in [0, 0.05) is 30.5 Å². The molecular weight excluding hydrogens is 385 g/mol. The van der Waals surface area contributed by atoms with Crippen molar-refractivity contribution in [2.24, 2.45) is 5.92 Å². The third-order valence-electron chi connectivity index (χ3n) is 5.55. The summed E-state index contributed by atoms with van der Waals surface area (Å²) in [5.41, 5.74) is 4.24. The molecule has 0 aromatic heterocycles. The highest BCUT2D eigenvalue weighted by atomic mass is 19.4. The van der Waals surface area contributed by atoms with Crippen molar-refractivity contribution < 1.29 is 27.9 Å². The fourth-order valence-electron chi connectivity index (χ4n) is 4.28. The lowest BCUT2D eigenvalue weighted by Crippen LogP contribution is -2.35. The van der Waals surface area contributed by atoms with Gasteiger partial charge in [0.1, 0.15) is 12.4 Å². The van der Waals surface area contributed by atoms with E-state index in [1.807, 2.05) is 42.5 Å². The minimum atomic E-state index is -4.28. The molecule has 2 unspecified atom stereocenters. The molecule has 1 aliphatic heterocycles. The van der Waals surface area contributed by atoms with Crippen molar-refractivity contribution in [3.8, 4) is 5.75 Å². The Labute approximate surface area is 166 Å². The van der Waals surface area contributed by atoms with Crippen LogP contribution < -0.4 is 10.2 Å². The Morgan fingerprint density at radius 1 is 1.14 bits per heavy atom. The Morgan fingerprint density at radius 2 is 1.86 bits per heavy atom. The number of alkyl halides is 3. The number of halogens is 3. The lowest BCUT2D eigenvalue weighted by molar-refractivity contribution is -0.147. The van der Waals surface area contributed by atoms with E-state index in [1.165, 1.54) is 4.90 Å². The molecule has 5 nitrogen and oxygen atoms in total. The smallest absolute Gasteiger partial charge is 0.401 e. The Bertz CT molecular complexity index is 888. The fraction of sp³-hybridized carbons (Fsp3) is 0.381. The van der Waals surface area contributed by atoms with E-state index >= 15 is 0 Å². The van der Waals surface area contributed by atoms with Gasteiger partial charge in [-0.3, -0.25) is 14.9 Å². The molecule has 2 aromatic carbocycles. The molecule has 2 N–H and O–H groups in total. The summed E-state index contributed by atoms with van der Waals surface area (Å²) in [5.74, 6) is -0.584. The van der Waals surface area contributed by atoms with Crippen LogP contribution in [0.15, 0.2) is 48.5 Å². The zero-order chi connectivity index (χ0) is 20.6. The van der Waals surface area contributed by atoms with Crippen LogP contribution >= 0.6 is 0 Å². The monoisotopic (exact) mass is 406 g/mol. The van der Waals surface area contributed by atoms with Gasteiger partial charge in [0.25, 0.3) is 0 Å². The van der Waals surface area contributed by atoms with Crippen LogP contribution in [0.2, 0.25) is 0 Å². The average molecular weight is 406 g/mol. The topological polar surface area (TPSA) is 61.8 Å². The van der Waals surface area contributed by atoms with Gasteiger partial charge >= 0.3 is 6.18 Å². The second-order valence-corrected chi connectivity index (χ2v) is 7.51. The maximum absolute atomic E-state index is 12.8. The lowest BCUT2D eigenvalue weighted by atomic mass is 10.0. The highest BCUT2D eigenvalue weighted by molar-refractivity contribution is 5.84. The number of hydroxylamine groups is 1. The van der Waals surface area contributed by atoms with Gasteiger partial charge in [-0.25, -0.2) is 5.48 Å². The SMILES string of the molecule is O=C(NO)C1C(c2ccc3c(c2)CN(CC(F)(F)F)CCO3)[C@H]1c1ccccc1. The molecule has 0 spiro atoms. The largest absolute Gasteiger partial charge is 0.492 e. The minimum Gasteiger partial charge on any atom is -0.492 e. The third-order valence-corrected chi connectivity index (χ3v) is 5.55. The maximum Gasteiger partial charge on any atom is 0.401 e. The normalized spacial score (nSPS) is 24.2. The summed E-state index contributed by atoms with van der Waals surface area (Å²) in [4.78, 5) is 13.5. The Balaban J connectivity index is 1.61. The molecule has 2 aliphatic rings. The van der Waals surface area contributed by atoms with E-state index in [0.717, 1.165) is 11.1 Å².